The number of carbonyl (C=O) groups excluding carboxylic acids is 2. The van der Waals surface area contributed by atoms with Crippen LogP contribution in [0.2, 0.25) is 10.0 Å². The molecule has 0 aromatic heterocycles. The van der Waals surface area contributed by atoms with Gasteiger partial charge in [0.15, 0.2) is 5.78 Å². The zero-order valence-electron chi connectivity index (χ0n) is 15.4. The van der Waals surface area contributed by atoms with Crippen LogP contribution in [0.5, 0.6) is 0 Å². The van der Waals surface area contributed by atoms with Crippen LogP contribution in [-0.2, 0) is 21.5 Å². The molecule has 0 aliphatic carbocycles. The smallest absolute Gasteiger partial charge is 0.228 e. The summed E-state index contributed by atoms with van der Waals surface area (Å²) in [5.41, 5.74) is 0.925. The normalized spacial score (nSPS) is 12.5. The first-order chi connectivity index (χ1) is 12.1. The Balaban J connectivity index is 2.45. The van der Waals surface area contributed by atoms with Crippen LogP contribution >= 0.6 is 23.2 Å². The molecule has 1 atom stereocenters. The van der Waals surface area contributed by atoms with Crippen LogP contribution in [0.15, 0.2) is 48.5 Å². The number of benzene rings is 2. The third-order valence-corrected chi connectivity index (χ3v) is 5.05. The van der Waals surface area contributed by atoms with Crippen molar-refractivity contribution < 1.29 is 9.59 Å². The van der Waals surface area contributed by atoms with E-state index in [-0.39, 0.29) is 18.1 Å². The highest BCUT2D eigenvalue weighted by molar-refractivity contribution is 6.34. The molecule has 0 saturated heterocycles. The van der Waals surface area contributed by atoms with Gasteiger partial charge >= 0.3 is 0 Å². The zero-order valence-corrected chi connectivity index (χ0v) is 16.9. The summed E-state index contributed by atoms with van der Waals surface area (Å²) in [6.07, 6.45) is 0.218. The SMILES string of the molecule is CC(=O)C(C)N(C(=O)Cc1ccccc1)C(C)(C)c1cc(Cl)cc(Cl)c1. The van der Waals surface area contributed by atoms with Gasteiger partial charge in [-0.15, -0.1) is 0 Å². The molecule has 1 unspecified atom stereocenters. The fourth-order valence-electron chi connectivity index (χ4n) is 3.10. The minimum Gasteiger partial charge on any atom is -0.323 e. The molecule has 0 N–H and O–H groups in total. The molecular formula is C21H23Cl2NO2. The first-order valence-electron chi connectivity index (χ1n) is 8.46. The van der Waals surface area contributed by atoms with Gasteiger partial charge in [0, 0.05) is 10.0 Å². The van der Waals surface area contributed by atoms with Gasteiger partial charge in [-0.1, -0.05) is 53.5 Å². The lowest BCUT2D eigenvalue weighted by Gasteiger charge is -2.42. The van der Waals surface area contributed by atoms with Gasteiger partial charge in [-0.3, -0.25) is 9.59 Å². The summed E-state index contributed by atoms with van der Waals surface area (Å²) >= 11 is 12.3. The fraction of sp³-hybridized carbons (Fsp3) is 0.333. The molecule has 2 aromatic rings. The van der Waals surface area contributed by atoms with Gasteiger partial charge in [-0.2, -0.15) is 0 Å². The largest absolute Gasteiger partial charge is 0.323 e. The lowest BCUT2D eigenvalue weighted by molar-refractivity contribution is -0.144. The Bertz CT molecular complexity index is 783. The molecular weight excluding hydrogens is 369 g/mol. The van der Waals surface area contributed by atoms with E-state index in [1.54, 1.807) is 30.0 Å². The average Bonchev–Trinajstić information content (AvgIpc) is 2.54. The molecule has 2 rings (SSSR count). The predicted octanol–water partition coefficient (Wildman–Crippen LogP) is 5.28. The molecule has 0 aliphatic heterocycles. The summed E-state index contributed by atoms with van der Waals surface area (Å²) in [4.78, 5) is 26.9. The van der Waals surface area contributed by atoms with Gasteiger partial charge in [-0.05, 0) is 57.0 Å². The van der Waals surface area contributed by atoms with Crippen molar-refractivity contribution >= 4 is 34.9 Å². The molecule has 0 spiro atoms. The third kappa shape index (κ3) is 4.66. The van der Waals surface area contributed by atoms with Crippen molar-refractivity contribution in [3.8, 4) is 0 Å². The molecule has 0 aliphatic rings. The number of carbonyl (C=O) groups is 2. The van der Waals surface area contributed by atoms with Crippen LogP contribution in [0.1, 0.15) is 38.8 Å². The molecule has 0 bridgehead atoms. The molecule has 0 radical (unpaired) electrons. The summed E-state index contributed by atoms with van der Waals surface area (Å²) in [5.74, 6) is -0.201. The van der Waals surface area contributed by atoms with Crippen molar-refractivity contribution in [3.05, 3.63) is 69.7 Å². The van der Waals surface area contributed by atoms with E-state index in [4.69, 9.17) is 23.2 Å². The highest BCUT2D eigenvalue weighted by Crippen LogP contribution is 2.34. The maximum absolute atomic E-state index is 13.2. The van der Waals surface area contributed by atoms with Crippen LogP contribution in [0.3, 0.4) is 0 Å². The van der Waals surface area contributed by atoms with Crippen molar-refractivity contribution in [1.82, 2.24) is 4.90 Å². The van der Waals surface area contributed by atoms with E-state index in [0.717, 1.165) is 11.1 Å². The fourth-order valence-corrected chi connectivity index (χ4v) is 3.62. The molecule has 3 nitrogen and oxygen atoms in total. The van der Waals surface area contributed by atoms with E-state index < -0.39 is 11.6 Å². The Hall–Kier alpha value is -1.84. The predicted molar refractivity (Wildman–Crippen MR) is 107 cm³/mol. The third-order valence-electron chi connectivity index (χ3n) is 4.61. The standard InChI is InChI=1S/C21H23Cl2NO2/c1-14(15(2)25)24(20(26)10-16-8-6-5-7-9-16)21(3,4)17-11-18(22)13-19(23)12-17/h5-9,11-14H,10H2,1-4H3. The molecule has 0 heterocycles. The minimum atomic E-state index is -0.758. The van der Waals surface area contributed by atoms with Crippen LogP contribution in [0, 0.1) is 0 Å². The molecule has 0 fully saturated rings. The lowest BCUT2D eigenvalue weighted by Crippen LogP contribution is -2.53. The second kappa shape index (κ2) is 8.24. The summed E-state index contributed by atoms with van der Waals surface area (Å²) in [6.45, 7) is 7.04. The maximum atomic E-state index is 13.2. The van der Waals surface area contributed by atoms with Crippen LogP contribution in [-0.4, -0.2) is 22.6 Å². The van der Waals surface area contributed by atoms with Gasteiger partial charge in [0.05, 0.1) is 18.0 Å². The highest BCUT2D eigenvalue weighted by atomic mass is 35.5. The van der Waals surface area contributed by atoms with Crippen molar-refractivity contribution in [3.63, 3.8) is 0 Å². The maximum Gasteiger partial charge on any atom is 0.228 e. The van der Waals surface area contributed by atoms with Crippen molar-refractivity contribution in [2.24, 2.45) is 0 Å². The summed E-state index contributed by atoms with van der Waals surface area (Å²) in [5, 5.41) is 0.984. The Labute approximate surface area is 164 Å². The van der Waals surface area contributed by atoms with E-state index >= 15 is 0 Å². The van der Waals surface area contributed by atoms with Crippen molar-refractivity contribution in [1.29, 1.82) is 0 Å². The Morgan fingerprint density at radius 1 is 1.04 bits per heavy atom. The van der Waals surface area contributed by atoms with Crippen LogP contribution in [0.4, 0.5) is 0 Å². The minimum absolute atomic E-state index is 0.0763. The number of halogens is 2. The first-order valence-corrected chi connectivity index (χ1v) is 9.21. The first kappa shape index (κ1) is 20.5. The quantitative estimate of drug-likeness (QED) is 0.671. The van der Waals surface area contributed by atoms with Crippen molar-refractivity contribution in [2.75, 3.05) is 0 Å². The van der Waals surface area contributed by atoms with Gasteiger partial charge in [0.1, 0.15) is 0 Å². The van der Waals surface area contributed by atoms with E-state index in [0.29, 0.717) is 10.0 Å². The molecule has 0 saturated carbocycles. The number of Topliss-reactive ketones (excluding diaryl/α,β-unsaturated/α-hetero) is 1. The number of ketones is 1. The number of rotatable bonds is 6. The van der Waals surface area contributed by atoms with E-state index in [1.165, 1.54) is 6.92 Å². The lowest BCUT2D eigenvalue weighted by atomic mass is 9.89. The Kier molecular flexibility index (Phi) is 6.48. The number of amides is 1. The summed E-state index contributed by atoms with van der Waals surface area (Å²) in [7, 11) is 0. The molecule has 2 aromatic carbocycles. The molecule has 5 heteroatoms. The number of hydrogen-bond acceptors (Lipinski definition) is 2. The van der Waals surface area contributed by atoms with Crippen LogP contribution < -0.4 is 0 Å². The molecule has 1 amide bonds. The van der Waals surface area contributed by atoms with Crippen LogP contribution in [0.25, 0.3) is 0 Å². The van der Waals surface area contributed by atoms with Crippen molar-refractivity contribution in [2.45, 2.75) is 45.7 Å². The van der Waals surface area contributed by atoms with E-state index in [2.05, 4.69) is 0 Å². The number of hydrogen-bond donors (Lipinski definition) is 0. The highest BCUT2D eigenvalue weighted by Gasteiger charge is 2.37. The van der Waals surface area contributed by atoms with Gasteiger partial charge < -0.3 is 4.90 Å². The Morgan fingerprint density at radius 3 is 2.08 bits per heavy atom. The monoisotopic (exact) mass is 391 g/mol. The number of nitrogens with zero attached hydrogens (tertiary/aromatic N) is 1. The Morgan fingerprint density at radius 2 is 1.58 bits per heavy atom. The second-order valence-electron chi connectivity index (χ2n) is 6.93. The van der Waals surface area contributed by atoms with E-state index in [9.17, 15) is 9.59 Å². The topological polar surface area (TPSA) is 37.4 Å². The average molecular weight is 392 g/mol. The zero-order chi connectivity index (χ0) is 19.5. The van der Waals surface area contributed by atoms with Gasteiger partial charge in [0.2, 0.25) is 5.91 Å². The van der Waals surface area contributed by atoms with Gasteiger partial charge in [-0.25, -0.2) is 0 Å². The molecule has 138 valence electrons. The van der Waals surface area contributed by atoms with Gasteiger partial charge in [0.25, 0.3) is 0 Å². The summed E-state index contributed by atoms with van der Waals surface area (Å²) in [6, 6.07) is 14.1. The summed E-state index contributed by atoms with van der Waals surface area (Å²) < 4.78 is 0. The second-order valence-corrected chi connectivity index (χ2v) is 7.80. The molecule has 26 heavy (non-hydrogen) atoms. The van der Waals surface area contributed by atoms with E-state index in [1.807, 2.05) is 44.2 Å².